The van der Waals surface area contributed by atoms with Crippen LogP contribution in [0, 0.1) is 5.92 Å². The predicted octanol–water partition coefficient (Wildman–Crippen LogP) is 2.91. The number of carbonyl (C=O) groups excluding carboxylic acids is 4. The van der Waals surface area contributed by atoms with Crippen molar-refractivity contribution in [2.24, 2.45) is 5.92 Å². The molecular weight excluding hydrogens is 560 g/mol. The van der Waals surface area contributed by atoms with Gasteiger partial charge in [0.15, 0.2) is 0 Å². The van der Waals surface area contributed by atoms with Crippen LogP contribution < -0.4 is 15.4 Å². The zero-order chi connectivity index (χ0) is 30.5. The van der Waals surface area contributed by atoms with Crippen LogP contribution in [0.1, 0.15) is 77.7 Å². The number of rotatable bonds is 5. The van der Waals surface area contributed by atoms with Gasteiger partial charge in [0.1, 0.15) is 23.2 Å². The second kappa shape index (κ2) is 12.8. The van der Waals surface area contributed by atoms with Gasteiger partial charge in [0.25, 0.3) is 5.91 Å². The first-order chi connectivity index (χ1) is 19.8. The number of allylic oxidation sites excluding steroid dienone is 1. The molecule has 3 aliphatic rings. The lowest BCUT2D eigenvalue weighted by atomic mass is 10.0. The summed E-state index contributed by atoms with van der Waals surface area (Å²) in [6.07, 6.45) is 7.82. The lowest BCUT2D eigenvalue weighted by Gasteiger charge is -2.30. The van der Waals surface area contributed by atoms with Crippen LogP contribution in [0.4, 0.5) is 4.79 Å². The Morgan fingerprint density at radius 3 is 2.52 bits per heavy atom. The first-order valence-electron chi connectivity index (χ1n) is 14.7. The summed E-state index contributed by atoms with van der Waals surface area (Å²) in [5, 5.41) is 5.53. The zero-order valence-corrected chi connectivity index (χ0v) is 25.4. The zero-order valence-electron chi connectivity index (χ0n) is 24.6. The van der Waals surface area contributed by atoms with Crippen molar-refractivity contribution in [3.8, 4) is 0 Å². The number of hydrogen-bond donors (Lipinski definition) is 3. The maximum absolute atomic E-state index is 13.7. The first-order valence-corrected chi connectivity index (χ1v) is 16.3. The maximum atomic E-state index is 13.7. The van der Waals surface area contributed by atoms with Gasteiger partial charge in [-0.05, 0) is 64.9 Å². The summed E-state index contributed by atoms with van der Waals surface area (Å²) in [6.45, 7) is 5.55. The Balaban J connectivity index is 1.53. The van der Waals surface area contributed by atoms with Gasteiger partial charge in [-0.3, -0.25) is 19.1 Å². The van der Waals surface area contributed by atoms with Crippen molar-refractivity contribution < 1.29 is 32.3 Å². The monoisotopic (exact) mass is 602 g/mol. The number of sulfonamides is 1. The average molecular weight is 603 g/mol. The van der Waals surface area contributed by atoms with Crippen molar-refractivity contribution in [2.75, 3.05) is 6.54 Å². The fourth-order valence-electron chi connectivity index (χ4n) is 5.61. The highest BCUT2D eigenvalue weighted by molar-refractivity contribution is 7.89. The smallest absolute Gasteiger partial charge is 0.408 e. The van der Waals surface area contributed by atoms with Gasteiger partial charge in [0.2, 0.25) is 21.8 Å². The minimum absolute atomic E-state index is 0.255. The van der Waals surface area contributed by atoms with Gasteiger partial charge in [-0.15, -0.1) is 0 Å². The van der Waals surface area contributed by atoms with E-state index in [0.29, 0.717) is 37.8 Å². The van der Waals surface area contributed by atoms with Crippen molar-refractivity contribution >= 4 is 33.8 Å². The van der Waals surface area contributed by atoms with E-state index in [1.165, 1.54) is 4.90 Å². The number of carbonyl (C=O) groups is 4. The second-order valence-electron chi connectivity index (χ2n) is 12.4. The van der Waals surface area contributed by atoms with Gasteiger partial charge in [-0.1, -0.05) is 55.3 Å². The van der Waals surface area contributed by atoms with Gasteiger partial charge in [-0.25, -0.2) is 13.2 Å². The number of alkyl carbamates (subject to hydrolysis) is 1. The third kappa shape index (κ3) is 8.11. The molecule has 11 nitrogen and oxygen atoms in total. The number of fused-ring (bicyclic) bond motifs is 2. The molecule has 2 aliphatic heterocycles. The van der Waals surface area contributed by atoms with E-state index >= 15 is 0 Å². The van der Waals surface area contributed by atoms with E-state index < -0.39 is 51.2 Å². The fourth-order valence-corrected chi connectivity index (χ4v) is 6.77. The van der Waals surface area contributed by atoms with Gasteiger partial charge < -0.3 is 20.3 Å². The predicted molar refractivity (Wildman–Crippen MR) is 156 cm³/mol. The number of amides is 4. The standard InChI is InChI=1S/C30H42N4O7S/c1-29(2,3)41-28(38)31-23-16-11-6-4-5-10-15-22-19-30(22,32-25(35)24-17-12-18-34(24)26(23)36)27(37)33-42(39,40)20-21-13-8-7-9-14-21/h7-10,13-15,22-24H,4-6,11-12,16-20H2,1-3H3,(H,31,38)(H,32,35)(H,33,37)/t22-,23+,24+,30-/m1/s1. The van der Waals surface area contributed by atoms with Gasteiger partial charge >= 0.3 is 6.09 Å². The normalized spacial score (nSPS) is 27.0. The molecule has 4 amide bonds. The largest absolute Gasteiger partial charge is 0.444 e. The Morgan fingerprint density at radius 1 is 1.07 bits per heavy atom. The molecule has 12 heteroatoms. The molecule has 0 bridgehead atoms. The Kier molecular flexibility index (Phi) is 9.64. The van der Waals surface area contributed by atoms with E-state index in [1.54, 1.807) is 51.1 Å². The highest BCUT2D eigenvalue weighted by Crippen LogP contribution is 2.45. The molecule has 4 atom stereocenters. The van der Waals surface area contributed by atoms with Crippen LogP contribution in [0.2, 0.25) is 0 Å². The van der Waals surface area contributed by atoms with Crippen molar-refractivity contribution in [2.45, 2.75) is 101 Å². The van der Waals surface area contributed by atoms with E-state index in [-0.39, 0.29) is 24.0 Å². The molecule has 1 saturated heterocycles. The molecule has 1 aromatic carbocycles. The molecule has 0 spiro atoms. The summed E-state index contributed by atoms with van der Waals surface area (Å²) in [5.41, 5.74) is -1.63. The molecule has 2 fully saturated rings. The lowest BCUT2D eigenvalue weighted by Crippen LogP contribution is -2.58. The molecule has 1 saturated carbocycles. The van der Waals surface area contributed by atoms with Crippen LogP contribution in [0.3, 0.4) is 0 Å². The van der Waals surface area contributed by atoms with E-state index in [0.717, 1.165) is 19.3 Å². The Bertz CT molecular complexity index is 1310. The molecule has 1 aromatic rings. The molecule has 3 N–H and O–H groups in total. The lowest BCUT2D eigenvalue weighted by molar-refractivity contribution is -0.141. The summed E-state index contributed by atoms with van der Waals surface area (Å²) in [4.78, 5) is 54.8. The first kappa shape index (κ1) is 31.5. The Labute approximate surface area is 247 Å². The van der Waals surface area contributed by atoms with Crippen LogP contribution in [0.25, 0.3) is 0 Å². The van der Waals surface area contributed by atoms with Crippen LogP contribution in [0.15, 0.2) is 42.5 Å². The molecule has 0 radical (unpaired) electrons. The maximum Gasteiger partial charge on any atom is 0.408 e. The Hall–Kier alpha value is -3.41. The van der Waals surface area contributed by atoms with E-state index in [9.17, 15) is 27.6 Å². The van der Waals surface area contributed by atoms with Gasteiger partial charge in [0, 0.05) is 12.5 Å². The number of nitrogens with zero attached hydrogens (tertiary/aromatic N) is 1. The third-order valence-electron chi connectivity index (χ3n) is 7.77. The van der Waals surface area contributed by atoms with Crippen LogP contribution >= 0.6 is 0 Å². The minimum Gasteiger partial charge on any atom is -0.444 e. The third-order valence-corrected chi connectivity index (χ3v) is 8.98. The van der Waals surface area contributed by atoms with Crippen LogP contribution in [-0.4, -0.2) is 66.9 Å². The molecule has 2 heterocycles. The number of ether oxygens (including phenoxy) is 1. The van der Waals surface area contributed by atoms with Crippen LogP contribution in [0.5, 0.6) is 0 Å². The Morgan fingerprint density at radius 2 is 1.81 bits per heavy atom. The van der Waals surface area contributed by atoms with Crippen LogP contribution in [-0.2, 0) is 34.9 Å². The topological polar surface area (TPSA) is 151 Å². The number of hydrogen-bond acceptors (Lipinski definition) is 7. The summed E-state index contributed by atoms with van der Waals surface area (Å²) < 4.78 is 33.3. The minimum atomic E-state index is -4.03. The summed E-state index contributed by atoms with van der Waals surface area (Å²) >= 11 is 0. The molecule has 4 rings (SSSR count). The van der Waals surface area contributed by atoms with E-state index in [4.69, 9.17) is 4.74 Å². The number of benzene rings is 1. The average Bonchev–Trinajstić information content (AvgIpc) is 3.35. The SMILES string of the molecule is CC(C)(C)OC(=O)N[C@H]1CCCCCC=C[C@@H]2C[C@@]2(C(=O)NS(=O)(=O)Cc2ccccc2)NC(=O)[C@@H]2CCCN2C1=O. The quantitative estimate of drug-likeness (QED) is 0.439. The summed E-state index contributed by atoms with van der Waals surface area (Å²) in [5.74, 6) is -2.42. The molecule has 42 heavy (non-hydrogen) atoms. The van der Waals surface area contributed by atoms with Crippen molar-refractivity contribution in [3.63, 3.8) is 0 Å². The molecule has 0 unspecified atom stereocenters. The number of nitrogens with one attached hydrogen (secondary N) is 3. The van der Waals surface area contributed by atoms with E-state index in [1.807, 2.05) is 12.2 Å². The highest BCUT2D eigenvalue weighted by atomic mass is 32.2. The summed E-state index contributed by atoms with van der Waals surface area (Å²) in [6, 6.07) is 6.82. The van der Waals surface area contributed by atoms with E-state index in [2.05, 4.69) is 15.4 Å². The molecule has 0 aromatic heterocycles. The molecule has 230 valence electrons. The molecule has 1 aliphatic carbocycles. The highest BCUT2D eigenvalue weighted by Gasteiger charge is 2.61. The summed E-state index contributed by atoms with van der Waals surface area (Å²) in [7, 11) is -4.03. The van der Waals surface area contributed by atoms with Crippen molar-refractivity contribution in [1.29, 1.82) is 0 Å². The van der Waals surface area contributed by atoms with Crippen molar-refractivity contribution in [1.82, 2.24) is 20.3 Å². The van der Waals surface area contributed by atoms with Gasteiger partial charge in [-0.2, -0.15) is 0 Å². The molecular formula is C30H42N4O7S. The van der Waals surface area contributed by atoms with Gasteiger partial charge in [0.05, 0.1) is 5.75 Å². The van der Waals surface area contributed by atoms with Crippen molar-refractivity contribution in [3.05, 3.63) is 48.0 Å². The fraction of sp³-hybridized carbons (Fsp3) is 0.600. The second-order valence-corrected chi connectivity index (χ2v) is 14.1.